The van der Waals surface area contributed by atoms with E-state index in [4.69, 9.17) is 9.89 Å². The number of benzene rings is 1. The highest BCUT2D eigenvalue weighted by molar-refractivity contribution is 7.99. The number of halogens is 1. The van der Waals surface area contributed by atoms with Gasteiger partial charge in [0.25, 0.3) is 0 Å². The molecule has 1 aromatic heterocycles. The molecule has 3 N–H and O–H groups in total. The number of oxime groups is 1. The van der Waals surface area contributed by atoms with Gasteiger partial charge in [0, 0.05) is 23.9 Å². The lowest BCUT2D eigenvalue weighted by Crippen LogP contribution is -2.27. The third-order valence-corrected chi connectivity index (χ3v) is 4.75. The fraction of sp³-hybridized carbons (Fsp3) is 0.267. The van der Waals surface area contributed by atoms with Crippen LogP contribution in [0, 0.1) is 17.1 Å². The van der Waals surface area contributed by atoms with Gasteiger partial charge in [0.05, 0.1) is 5.56 Å². The summed E-state index contributed by atoms with van der Waals surface area (Å²) >= 11 is 1.29. The van der Waals surface area contributed by atoms with E-state index in [0.29, 0.717) is 22.9 Å². The van der Waals surface area contributed by atoms with Crippen molar-refractivity contribution in [3.63, 3.8) is 0 Å². The highest BCUT2D eigenvalue weighted by Gasteiger charge is 2.24. The summed E-state index contributed by atoms with van der Waals surface area (Å²) in [6.07, 6.45) is 1.23. The molecule has 9 nitrogen and oxygen atoms in total. The standard InChI is InChI=1S/C15H13FN6O3S/c16-11-3-1-9(5-8(11)6-17)19-14(20-24)13-15(22-25-21-13)26-7-10-2-4-12(23)18-10/h1,3,5,10,24H,2,4,7H2,(H,18,23)(H,19,20)/t10-/m1/s1. The highest BCUT2D eigenvalue weighted by atomic mass is 32.2. The summed E-state index contributed by atoms with van der Waals surface area (Å²) in [6, 6.07) is 5.53. The van der Waals surface area contributed by atoms with Crippen LogP contribution in [0.15, 0.2) is 33.0 Å². The third kappa shape index (κ3) is 3.92. The van der Waals surface area contributed by atoms with E-state index in [1.807, 2.05) is 0 Å². The molecule has 11 heteroatoms. The number of thioether (sulfide) groups is 1. The van der Waals surface area contributed by atoms with Gasteiger partial charge in [-0.1, -0.05) is 16.9 Å². The van der Waals surface area contributed by atoms with E-state index in [2.05, 4.69) is 26.1 Å². The molecule has 1 aliphatic rings. The number of carbonyl (C=O) groups is 1. The zero-order valence-electron chi connectivity index (χ0n) is 13.3. The molecule has 2 aromatic rings. The Morgan fingerprint density at radius 1 is 1.58 bits per heavy atom. The van der Waals surface area contributed by atoms with Gasteiger partial charge in [0.2, 0.25) is 11.7 Å². The molecule has 0 unspecified atom stereocenters. The minimum absolute atomic E-state index is 0.0120. The van der Waals surface area contributed by atoms with Gasteiger partial charge in [-0.15, -0.1) is 0 Å². The van der Waals surface area contributed by atoms with Crippen molar-refractivity contribution in [2.45, 2.75) is 23.9 Å². The number of hydrogen-bond donors (Lipinski definition) is 3. The lowest BCUT2D eigenvalue weighted by molar-refractivity contribution is -0.119. The van der Waals surface area contributed by atoms with Gasteiger partial charge < -0.3 is 15.8 Å². The predicted octanol–water partition coefficient (Wildman–Crippen LogP) is 1.70. The van der Waals surface area contributed by atoms with Gasteiger partial charge in [-0.05, 0) is 34.9 Å². The fourth-order valence-corrected chi connectivity index (χ4v) is 3.32. The Kier molecular flexibility index (Phi) is 5.33. The van der Waals surface area contributed by atoms with Gasteiger partial charge >= 0.3 is 0 Å². The molecule has 1 aliphatic heterocycles. The molecule has 1 aromatic carbocycles. The first-order valence-corrected chi connectivity index (χ1v) is 8.53. The number of rotatable bonds is 5. The topological polar surface area (TPSA) is 136 Å². The summed E-state index contributed by atoms with van der Waals surface area (Å²) in [5.74, 6) is -0.156. The molecule has 1 saturated heterocycles. The second-order valence-corrected chi connectivity index (χ2v) is 6.42. The smallest absolute Gasteiger partial charge is 0.220 e. The number of anilines is 1. The van der Waals surface area contributed by atoms with Crippen LogP contribution < -0.4 is 10.6 Å². The molecule has 0 radical (unpaired) electrons. The quantitative estimate of drug-likeness (QED) is 0.236. The van der Waals surface area contributed by atoms with Crippen LogP contribution in [0.4, 0.5) is 10.1 Å². The van der Waals surface area contributed by atoms with Crippen molar-refractivity contribution in [1.82, 2.24) is 15.6 Å². The summed E-state index contributed by atoms with van der Waals surface area (Å²) in [7, 11) is 0. The van der Waals surface area contributed by atoms with E-state index in [1.165, 1.54) is 23.9 Å². The largest absolute Gasteiger partial charge is 0.409 e. The fourth-order valence-electron chi connectivity index (χ4n) is 2.36. The number of amidine groups is 1. The Balaban J connectivity index is 1.72. The monoisotopic (exact) mass is 376 g/mol. The van der Waals surface area contributed by atoms with Crippen molar-refractivity contribution in [3.8, 4) is 6.07 Å². The molecule has 3 rings (SSSR count). The number of hydrogen-bond acceptors (Lipinski definition) is 8. The summed E-state index contributed by atoms with van der Waals surface area (Å²) in [4.78, 5) is 11.2. The van der Waals surface area contributed by atoms with Crippen LogP contribution in [0.3, 0.4) is 0 Å². The maximum Gasteiger partial charge on any atom is 0.220 e. The van der Waals surface area contributed by atoms with Gasteiger partial charge in [0.1, 0.15) is 11.9 Å². The number of amides is 1. The number of carbonyl (C=O) groups excluding carboxylic acids is 1. The Morgan fingerprint density at radius 2 is 2.42 bits per heavy atom. The minimum Gasteiger partial charge on any atom is -0.409 e. The van der Waals surface area contributed by atoms with Crippen molar-refractivity contribution in [2.24, 2.45) is 5.16 Å². The van der Waals surface area contributed by atoms with Crippen molar-refractivity contribution < 1.29 is 19.0 Å². The molecule has 26 heavy (non-hydrogen) atoms. The molecule has 1 atom stereocenters. The number of nitriles is 1. The Labute approximate surface area is 151 Å². The number of nitrogens with zero attached hydrogens (tertiary/aromatic N) is 4. The average Bonchev–Trinajstić information content (AvgIpc) is 3.28. The summed E-state index contributed by atoms with van der Waals surface area (Å²) in [6.45, 7) is 0. The Morgan fingerprint density at radius 3 is 3.12 bits per heavy atom. The number of nitrogens with one attached hydrogen (secondary N) is 2. The Hall–Kier alpha value is -3.13. The lowest BCUT2D eigenvalue weighted by Gasteiger charge is -2.09. The lowest BCUT2D eigenvalue weighted by atomic mass is 10.2. The van der Waals surface area contributed by atoms with Crippen LogP contribution in [0.1, 0.15) is 24.1 Å². The van der Waals surface area contributed by atoms with E-state index in [9.17, 15) is 14.4 Å². The van der Waals surface area contributed by atoms with Crippen LogP contribution in [-0.4, -0.2) is 39.1 Å². The molecule has 1 amide bonds. The summed E-state index contributed by atoms with van der Waals surface area (Å²) in [5, 5.41) is 34.8. The molecule has 134 valence electrons. The zero-order valence-corrected chi connectivity index (χ0v) is 14.1. The maximum atomic E-state index is 13.4. The van der Waals surface area contributed by atoms with E-state index < -0.39 is 5.82 Å². The molecule has 2 heterocycles. The summed E-state index contributed by atoms with van der Waals surface area (Å²) < 4.78 is 18.1. The maximum absolute atomic E-state index is 13.4. The van der Waals surface area contributed by atoms with E-state index >= 15 is 0 Å². The van der Waals surface area contributed by atoms with E-state index in [0.717, 1.165) is 12.5 Å². The van der Waals surface area contributed by atoms with E-state index in [1.54, 1.807) is 6.07 Å². The zero-order chi connectivity index (χ0) is 18.5. The van der Waals surface area contributed by atoms with Crippen molar-refractivity contribution in [3.05, 3.63) is 35.3 Å². The first-order valence-electron chi connectivity index (χ1n) is 7.54. The minimum atomic E-state index is -0.654. The van der Waals surface area contributed by atoms with Gasteiger partial charge in [-0.25, -0.2) is 9.02 Å². The van der Waals surface area contributed by atoms with Gasteiger partial charge in [-0.3, -0.25) is 4.79 Å². The van der Waals surface area contributed by atoms with Crippen molar-refractivity contribution in [2.75, 3.05) is 11.1 Å². The van der Waals surface area contributed by atoms with Crippen LogP contribution in [0.2, 0.25) is 0 Å². The van der Waals surface area contributed by atoms with Crippen LogP contribution in [-0.2, 0) is 4.79 Å². The third-order valence-electron chi connectivity index (χ3n) is 3.64. The van der Waals surface area contributed by atoms with Crippen LogP contribution in [0.5, 0.6) is 0 Å². The predicted molar refractivity (Wildman–Crippen MR) is 89.2 cm³/mol. The molecule has 0 aliphatic carbocycles. The normalized spacial score (nSPS) is 17.0. The van der Waals surface area contributed by atoms with Crippen LogP contribution >= 0.6 is 11.8 Å². The first kappa shape index (κ1) is 17.7. The molecular formula is C15H13FN6O3S. The highest BCUT2D eigenvalue weighted by Crippen LogP contribution is 2.24. The van der Waals surface area contributed by atoms with E-state index in [-0.39, 0.29) is 29.0 Å². The van der Waals surface area contributed by atoms with Gasteiger partial charge in [-0.2, -0.15) is 5.26 Å². The molecular weight excluding hydrogens is 363 g/mol. The second-order valence-electron chi connectivity index (χ2n) is 5.41. The molecule has 1 fully saturated rings. The van der Waals surface area contributed by atoms with Crippen molar-refractivity contribution >= 4 is 29.2 Å². The van der Waals surface area contributed by atoms with Gasteiger partial charge in [0.15, 0.2) is 10.7 Å². The SMILES string of the molecule is N#Cc1cc(N/C(=N\O)c2nonc2SC[C@H]2CCC(=O)N2)ccc1F. The Bertz CT molecular complexity index is 894. The number of aromatic nitrogens is 2. The van der Waals surface area contributed by atoms with Crippen molar-refractivity contribution in [1.29, 1.82) is 5.26 Å². The molecule has 0 saturated carbocycles. The second kappa shape index (κ2) is 7.83. The average molecular weight is 376 g/mol. The first-order chi connectivity index (χ1) is 12.6. The molecule has 0 bridgehead atoms. The summed E-state index contributed by atoms with van der Waals surface area (Å²) in [5.41, 5.74) is 0.333. The van der Waals surface area contributed by atoms with Crippen LogP contribution in [0.25, 0.3) is 0 Å². The molecule has 0 spiro atoms.